The van der Waals surface area contributed by atoms with Gasteiger partial charge in [-0.25, -0.2) is 0 Å². The molecule has 1 aromatic carbocycles. The van der Waals surface area contributed by atoms with Gasteiger partial charge in [-0.15, -0.1) is 0 Å². The number of nitrogens with zero attached hydrogens (tertiary/aromatic N) is 2. The van der Waals surface area contributed by atoms with Gasteiger partial charge in [0.15, 0.2) is 0 Å². The zero-order chi connectivity index (χ0) is 15.5. The fourth-order valence-electron chi connectivity index (χ4n) is 4.67. The van der Waals surface area contributed by atoms with E-state index in [9.17, 15) is 10.1 Å². The fourth-order valence-corrected chi connectivity index (χ4v) is 4.67. The minimum absolute atomic E-state index is 0.0876. The van der Waals surface area contributed by atoms with Crippen LogP contribution in [-0.2, 0) is 11.8 Å². The van der Waals surface area contributed by atoms with Gasteiger partial charge in [0, 0.05) is 24.7 Å². The van der Waals surface area contributed by atoms with Crippen LogP contribution in [0.2, 0.25) is 0 Å². The van der Waals surface area contributed by atoms with E-state index >= 15 is 0 Å². The quantitative estimate of drug-likeness (QED) is 0.633. The molecule has 1 saturated carbocycles. The Morgan fingerprint density at radius 2 is 2.18 bits per heavy atom. The van der Waals surface area contributed by atoms with E-state index in [2.05, 4.69) is 18.7 Å². The standard InChI is InChI=1S/C18H24N2O2/c1-12-17-9-14-5-6-15(20(21)22)10-16(14)18(12,2)7-8-19(17)11-13-3-4-13/h5-6,10,12-13,17H,3-4,7-9,11H2,1-2H3/t12-,17-,18-/m1/s1. The Kier molecular flexibility index (Phi) is 3.09. The summed E-state index contributed by atoms with van der Waals surface area (Å²) in [5.74, 6) is 1.49. The first-order chi connectivity index (χ1) is 10.5. The number of piperidine rings is 1. The first-order valence-corrected chi connectivity index (χ1v) is 8.51. The number of hydrogen-bond acceptors (Lipinski definition) is 3. The van der Waals surface area contributed by atoms with Crippen molar-refractivity contribution in [3.05, 3.63) is 39.4 Å². The predicted molar refractivity (Wildman–Crippen MR) is 86.0 cm³/mol. The number of fused-ring (bicyclic) bond motifs is 4. The number of hydrogen-bond donors (Lipinski definition) is 0. The fraction of sp³-hybridized carbons (Fsp3) is 0.667. The molecule has 0 amide bonds. The molecule has 4 nitrogen and oxygen atoms in total. The van der Waals surface area contributed by atoms with Crippen molar-refractivity contribution in [1.82, 2.24) is 4.90 Å². The molecule has 3 aliphatic rings. The van der Waals surface area contributed by atoms with Crippen LogP contribution in [0.25, 0.3) is 0 Å². The van der Waals surface area contributed by atoms with E-state index in [1.807, 2.05) is 12.1 Å². The van der Waals surface area contributed by atoms with Crippen molar-refractivity contribution in [2.45, 2.75) is 51.0 Å². The van der Waals surface area contributed by atoms with Gasteiger partial charge < -0.3 is 0 Å². The number of likely N-dealkylation sites (tertiary alicyclic amines) is 1. The zero-order valence-corrected chi connectivity index (χ0v) is 13.4. The van der Waals surface area contributed by atoms with Gasteiger partial charge in [-0.1, -0.05) is 19.9 Å². The number of rotatable bonds is 3. The van der Waals surface area contributed by atoms with Crippen molar-refractivity contribution in [3.63, 3.8) is 0 Å². The summed E-state index contributed by atoms with van der Waals surface area (Å²) in [4.78, 5) is 13.6. The summed E-state index contributed by atoms with van der Waals surface area (Å²) in [6.45, 7) is 7.07. The molecule has 1 heterocycles. The van der Waals surface area contributed by atoms with Crippen LogP contribution in [0.1, 0.15) is 44.2 Å². The van der Waals surface area contributed by atoms with Gasteiger partial charge >= 0.3 is 0 Å². The molecule has 0 N–H and O–H groups in total. The molecule has 1 aromatic rings. The number of non-ortho nitro benzene ring substituents is 1. The van der Waals surface area contributed by atoms with Gasteiger partial charge in [0.25, 0.3) is 5.69 Å². The topological polar surface area (TPSA) is 46.4 Å². The zero-order valence-electron chi connectivity index (χ0n) is 13.4. The Hall–Kier alpha value is -1.42. The summed E-state index contributed by atoms with van der Waals surface area (Å²) >= 11 is 0. The van der Waals surface area contributed by atoms with Gasteiger partial charge in [0.1, 0.15) is 0 Å². The van der Waals surface area contributed by atoms with Gasteiger partial charge in [0.05, 0.1) is 4.92 Å². The monoisotopic (exact) mass is 300 g/mol. The Morgan fingerprint density at radius 3 is 2.86 bits per heavy atom. The lowest BCUT2D eigenvalue weighted by molar-refractivity contribution is -0.385. The predicted octanol–water partition coefficient (Wildman–Crippen LogP) is 3.53. The molecule has 0 spiro atoms. The Labute approximate surface area is 131 Å². The van der Waals surface area contributed by atoms with Crippen LogP contribution < -0.4 is 0 Å². The van der Waals surface area contributed by atoms with E-state index in [0.717, 1.165) is 25.3 Å². The van der Waals surface area contributed by atoms with Gasteiger partial charge in [-0.3, -0.25) is 15.0 Å². The highest BCUT2D eigenvalue weighted by Crippen LogP contribution is 2.50. The van der Waals surface area contributed by atoms with E-state index in [0.29, 0.717) is 12.0 Å². The molecule has 3 atom stereocenters. The smallest absolute Gasteiger partial charge is 0.269 e. The van der Waals surface area contributed by atoms with Crippen LogP contribution in [0.5, 0.6) is 0 Å². The molecule has 0 unspecified atom stereocenters. The summed E-state index contributed by atoms with van der Waals surface area (Å²) in [6.07, 6.45) is 4.97. The highest BCUT2D eigenvalue weighted by Gasteiger charge is 2.49. The third-order valence-corrected chi connectivity index (χ3v) is 6.51. The lowest BCUT2D eigenvalue weighted by Gasteiger charge is -2.54. The molecule has 4 rings (SSSR count). The molecule has 1 saturated heterocycles. The minimum Gasteiger partial charge on any atom is -0.299 e. The summed E-state index contributed by atoms with van der Waals surface area (Å²) in [6, 6.07) is 6.14. The SMILES string of the molecule is C[C@@H]1[C@H]2Cc3ccc([N+](=O)[O-])cc3[C@]1(C)CCN2CC1CC1. The van der Waals surface area contributed by atoms with Crippen LogP contribution in [0.3, 0.4) is 0 Å². The third kappa shape index (κ3) is 2.08. The molecule has 0 aromatic heterocycles. The third-order valence-electron chi connectivity index (χ3n) is 6.51. The van der Waals surface area contributed by atoms with Crippen molar-refractivity contribution in [2.24, 2.45) is 11.8 Å². The highest BCUT2D eigenvalue weighted by atomic mass is 16.6. The Bertz CT molecular complexity index is 626. The molecule has 2 aliphatic carbocycles. The second-order valence-electron chi connectivity index (χ2n) is 7.76. The van der Waals surface area contributed by atoms with E-state index < -0.39 is 0 Å². The average Bonchev–Trinajstić information content (AvgIpc) is 3.29. The van der Waals surface area contributed by atoms with Gasteiger partial charge in [-0.2, -0.15) is 0 Å². The Morgan fingerprint density at radius 1 is 1.41 bits per heavy atom. The summed E-state index contributed by atoms with van der Waals surface area (Å²) < 4.78 is 0. The maximum atomic E-state index is 11.1. The van der Waals surface area contributed by atoms with Gasteiger partial charge in [0.2, 0.25) is 0 Å². The first kappa shape index (κ1) is 14.2. The van der Waals surface area contributed by atoms with Crippen molar-refractivity contribution in [2.75, 3.05) is 13.1 Å². The van der Waals surface area contributed by atoms with E-state index in [1.54, 1.807) is 6.07 Å². The van der Waals surface area contributed by atoms with Crippen LogP contribution >= 0.6 is 0 Å². The molecule has 4 heteroatoms. The molecule has 0 radical (unpaired) electrons. The van der Waals surface area contributed by atoms with E-state index in [4.69, 9.17) is 0 Å². The highest BCUT2D eigenvalue weighted by molar-refractivity contribution is 5.47. The van der Waals surface area contributed by atoms with Crippen molar-refractivity contribution < 1.29 is 4.92 Å². The molecule has 118 valence electrons. The lowest BCUT2D eigenvalue weighted by Crippen LogP contribution is -2.58. The van der Waals surface area contributed by atoms with E-state index in [1.165, 1.54) is 30.5 Å². The minimum atomic E-state index is -0.261. The number of nitro groups is 1. The molecule has 22 heavy (non-hydrogen) atoms. The second-order valence-corrected chi connectivity index (χ2v) is 7.76. The van der Waals surface area contributed by atoms with Crippen LogP contribution in [0.4, 0.5) is 5.69 Å². The summed E-state index contributed by atoms with van der Waals surface area (Å²) in [7, 11) is 0. The second kappa shape index (κ2) is 4.79. The number of nitro benzene ring substituents is 1. The van der Waals surface area contributed by atoms with Crippen LogP contribution in [0.15, 0.2) is 18.2 Å². The van der Waals surface area contributed by atoms with Gasteiger partial charge in [-0.05, 0) is 60.6 Å². The van der Waals surface area contributed by atoms with Crippen molar-refractivity contribution in [3.8, 4) is 0 Å². The van der Waals surface area contributed by atoms with E-state index in [-0.39, 0.29) is 16.0 Å². The maximum Gasteiger partial charge on any atom is 0.269 e. The number of benzene rings is 1. The summed E-state index contributed by atoms with van der Waals surface area (Å²) in [5, 5.41) is 11.1. The van der Waals surface area contributed by atoms with Crippen molar-refractivity contribution in [1.29, 1.82) is 0 Å². The molecule has 2 fully saturated rings. The molecule has 2 bridgehead atoms. The first-order valence-electron chi connectivity index (χ1n) is 8.51. The van der Waals surface area contributed by atoms with Crippen molar-refractivity contribution >= 4 is 5.69 Å². The normalized spacial score (nSPS) is 34.3. The maximum absolute atomic E-state index is 11.1. The van der Waals surface area contributed by atoms with Crippen LogP contribution in [0, 0.1) is 22.0 Å². The lowest BCUT2D eigenvalue weighted by atomic mass is 9.59. The molecule has 1 aliphatic heterocycles. The Balaban J connectivity index is 1.72. The molecular formula is C18H24N2O2. The van der Waals surface area contributed by atoms with Crippen LogP contribution in [-0.4, -0.2) is 29.0 Å². The molecular weight excluding hydrogens is 276 g/mol. The largest absolute Gasteiger partial charge is 0.299 e. The average molecular weight is 300 g/mol. The summed E-state index contributed by atoms with van der Waals surface area (Å²) in [5.41, 5.74) is 2.89.